The van der Waals surface area contributed by atoms with Crippen LogP contribution in [0.4, 0.5) is 0 Å². The van der Waals surface area contributed by atoms with E-state index in [2.05, 4.69) is 0 Å². The predicted molar refractivity (Wildman–Crippen MR) is 69.1 cm³/mol. The number of carbonyl (C=O) groups excluding carboxylic acids is 1. The van der Waals surface area contributed by atoms with Gasteiger partial charge >= 0.3 is 5.97 Å². The summed E-state index contributed by atoms with van der Waals surface area (Å²) in [6.45, 7) is 0. The maximum Gasteiger partial charge on any atom is 0.308 e. The number of fused-ring (bicyclic) bond motifs is 2. The van der Waals surface area contributed by atoms with Gasteiger partial charge in [-0.25, -0.2) is 0 Å². The van der Waals surface area contributed by atoms with Crippen LogP contribution in [0.15, 0.2) is 12.3 Å². The van der Waals surface area contributed by atoms with Crippen molar-refractivity contribution in [3.05, 3.63) is 23.0 Å². The normalized spacial score (nSPS) is 28.9. The summed E-state index contributed by atoms with van der Waals surface area (Å²) in [5.74, 6) is -1.32. The fourth-order valence-electron chi connectivity index (χ4n) is 3.44. The van der Waals surface area contributed by atoms with Gasteiger partial charge in [0.25, 0.3) is 5.91 Å². The molecule has 2 aliphatic heterocycles. The van der Waals surface area contributed by atoms with Crippen LogP contribution in [0.2, 0.25) is 5.02 Å². The smallest absolute Gasteiger partial charge is 0.308 e. The first-order valence-electron chi connectivity index (χ1n) is 6.36. The molecule has 1 N–H and O–H groups in total. The van der Waals surface area contributed by atoms with Crippen molar-refractivity contribution in [2.45, 2.75) is 31.3 Å². The molecule has 102 valence electrons. The van der Waals surface area contributed by atoms with Crippen LogP contribution in [0.1, 0.15) is 29.8 Å². The third-order valence-corrected chi connectivity index (χ3v) is 4.49. The highest BCUT2D eigenvalue weighted by Crippen LogP contribution is 2.42. The molecule has 3 unspecified atom stereocenters. The lowest BCUT2D eigenvalue weighted by atomic mass is 9.89. The number of nitrogens with zero attached hydrogens (tertiary/aromatic N) is 2. The predicted octanol–water partition coefficient (Wildman–Crippen LogP) is 1.76. The van der Waals surface area contributed by atoms with Crippen LogP contribution in [-0.4, -0.2) is 38.5 Å². The highest BCUT2D eigenvalue weighted by molar-refractivity contribution is 6.31. The number of carboxylic acid groups (broad SMARTS) is 1. The number of hydrogen-bond donors (Lipinski definition) is 1. The van der Waals surface area contributed by atoms with Crippen LogP contribution in [0, 0.1) is 5.92 Å². The van der Waals surface area contributed by atoms with Gasteiger partial charge in [0.15, 0.2) is 0 Å². The van der Waals surface area contributed by atoms with Crippen LogP contribution >= 0.6 is 11.6 Å². The summed E-state index contributed by atoms with van der Waals surface area (Å²) in [5, 5.41) is 9.72. The topological polar surface area (TPSA) is 62.5 Å². The molecule has 3 rings (SSSR count). The molecule has 3 atom stereocenters. The van der Waals surface area contributed by atoms with Crippen LogP contribution in [0.3, 0.4) is 0 Å². The minimum atomic E-state index is -0.796. The molecule has 1 aromatic rings. The Balaban J connectivity index is 1.89. The molecule has 1 amide bonds. The monoisotopic (exact) mass is 282 g/mol. The third kappa shape index (κ3) is 1.84. The van der Waals surface area contributed by atoms with Crippen molar-refractivity contribution in [2.24, 2.45) is 13.0 Å². The lowest BCUT2D eigenvalue weighted by Gasteiger charge is -2.23. The Labute approximate surface area is 115 Å². The first-order valence-corrected chi connectivity index (χ1v) is 6.74. The van der Waals surface area contributed by atoms with E-state index in [9.17, 15) is 14.7 Å². The quantitative estimate of drug-likeness (QED) is 0.899. The molecule has 6 heteroatoms. The summed E-state index contributed by atoms with van der Waals surface area (Å²) < 4.78 is 1.69. The number of aliphatic carboxylic acids is 1. The van der Waals surface area contributed by atoms with Crippen LogP contribution in [0.5, 0.6) is 0 Å². The lowest BCUT2D eigenvalue weighted by Crippen LogP contribution is -2.38. The second kappa shape index (κ2) is 4.27. The second-order valence-electron chi connectivity index (χ2n) is 5.35. The summed E-state index contributed by atoms with van der Waals surface area (Å²) in [6, 6.07) is 1.54. The minimum absolute atomic E-state index is 0.0623. The van der Waals surface area contributed by atoms with E-state index in [1.54, 1.807) is 28.8 Å². The second-order valence-corrected chi connectivity index (χ2v) is 5.78. The van der Waals surface area contributed by atoms with E-state index in [1.165, 1.54) is 0 Å². The first kappa shape index (κ1) is 12.5. The minimum Gasteiger partial charge on any atom is -0.481 e. The van der Waals surface area contributed by atoms with E-state index in [-0.39, 0.29) is 18.0 Å². The molecule has 2 fully saturated rings. The number of rotatable bonds is 2. The molecule has 0 radical (unpaired) electrons. The number of carboxylic acids is 1. The van der Waals surface area contributed by atoms with Gasteiger partial charge in [-0.15, -0.1) is 0 Å². The van der Waals surface area contributed by atoms with E-state index in [0.29, 0.717) is 17.1 Å². The molecule has 2 bridgehead atoms. The van der Waals surface area contributed by atoms with Crippen molar-refractivity contribution >= 4 is 23.5 Å². The molecule has 2 saturated heterocycles. The third-order valence-electron chi connectivity index (χ3n) is 4.28. The number of aryl methyl sites for hydroxylation is 1. The first-order chi connectivity index (χ1) is 8.99. The van der Waals surface area contributed by atoms with E-state index in [1.807, 2.05) is 0 Å². The Bertz CT molecular complexity index is 554. The molecular formula is C13H15ClN2O3. The molecule has 0 spiro atoms. The molecule has 0 aliphatic carbocycles. The lowest BCUT2D eigenvalue weighted by molar-refractivity contribution is -0.142. The molecule has 0 saturated carbocycles. The Morgan fingerprint density at radius 2 is 2.16 bits per heavy atom. The van der Waals surface area contributed by atoms with Crippen molar-refractivity contribution in [3.63, 3.8) is 0 Å². The standard InChI is InChI=1S/C13H15ClN2O3/c1-15-6-7(14)4-11(15)12(17)16-8-2-3-10(16)9(5-8)13(18)19/h4,6,8-10H,2-3,5H2,1H3,(H,18,19). The Morgan fingerprint density at radius 1 is 1.42 bits per heavy atom. The number of carbonyl (C=O) groups is 2. The maximum atomic E-state index is 12.6. The van der Waals surface area contributed by atoms with Crippen LogP contribution in [0.25, 0.3) is 0 Å². The fraction of sp³-hybridized carbons (Fsp3) is 0.538. The number of halogens is 1. The van der Waals surface area contributed by atoms with Gasteiger partial charge in [-0.05, 0) is 25.3 Å². The van der Waals surface area contributed by atoms with Gasteiger partial charge in [0.2, 0.25) is 0 Å². The average molecular weight is 283 g/mol. The zero-order chi connectivity index (χ0) is 13.7. The van der Waals surface area contributed by atoms with Crippen molar-refractivity contribution in [1.29, 1.82) is 0 Å². The number of aromatic nitrogens is 1. The van der Waals surface area contributed by atoms with E-state index >= 15 is 0 Å². The van der Waals surface area contributed by atoms with E-state index in [4.69, 9.17) is 11.6 Å². The number of hydrogen-bond acceptors (Lipinski definition) is 2. The van der Waals surface area contributed by atoms with Gasteiger partial charge in [-0.3, -0.25) is 9.59 Å². The highest BCUT2D eigenvalue weighted by Gasteiger charge is 2.51. The van der Waals surface area contributed by atoms with Gasteiger partial charge < -0.3 is 14.6 Å². The zero-order valence-corrected chi connectivity index (χ0v) is 11.3. The Hall–Kier alpha value is -1.49. The van der Waals surface area contributed by atoms with Gasteiger partial charge in [-0.2, -0.15) is 0 Å². The molecular weight excluding hydrogens is 268 g/mol. The SMILES string of the molecule is Cn1cc(Cl)cc1C(=O)N1C2CCC1C(C(=O)O)C2. The van der Waals surface area contributed by atoms with Gasteiger partial charge in [0.1, 0.15) is 5.69 Å². The van der Waals surface area contributed by atoms with Crippen LogP contribution in [-0.2, 0) is 11.8 Å². The number of amides is 1. The summed E-state index contributed by atoms with van der Waals surface area (Å²) >= 11 is 5.90. The van der Waals surface area contributed by atoms with Crippen LogP contribution < -0.4 is 0 Å². The van der Waals surface area contributed by atoms with Crippen molar-refractivity contribution in [1.82, 2.24) is 9.47 Å². The fourth-order valence-corrected chi connectivity index (χ4v) is 3.69. The molecule has 5 nitrogen and oxygen atoms in total. The average Bonchev–Trinajstić information content (AvgIpc) is 3.00. The zero-order valence-electron chi connectivity index (χ0n) is 10.5. The van der Waals surface area contributed by atoms with Gasteiger partial charge in [0, 0.05) is 25.3 Å². The summed E-state index contributed by atoms with van der Waals surface area (Å²) in [5.41, 5.74) is 0.521. The van der Waals surface area contributed by atoms with Crippen molar-refractivity contribution in [3.8, 4) is 0 Å². The van der Waals surface area contributed by atoms with Gasteiger partial charge in [0.05, 0.1) is 10.9 Å². The molecule has 2 aliphatic rings. The summed E-state index contributed by atoms with van der Waals surface area (Å²) in [6.07, 6.45) is 3.94. The largest absolute Gasteiger partial charge is 0.481 e. The molecule has 3 heterocycles. The summed E-state index contributed by atoms with van der Waals surface area (Å²) in [4.78, 5) is 25.5. The maximum absolute atomic E-state index is 12.6. The van der Waals surface area contributed by atoms with Crippen molar-refractivity contribution in [2.75, 3.05) is 0 Å². The van der Waals surface area contributed by atoms with Crippen molar-refractivity contribution < 1.29 is 14.7 Å². The molecule has 0 aromatic carbocycles. The summed E-state index contributed by atoms with van der Waals surface area (Å²) in [7, 11) is 1.77. The Morgan fingerprint density at radius 3 is 2.68 bits per heavy atom. The highest BCUT2D eigenvalue weighted by atomic mass is 35.5. The molecule has 1 aromatic heterocycles. The van der Waals surface area contributed by atoms with E-state index in [0.717, 1.165) is 12.8 Å². The van der Waals surface area contributed by atoms with Gasteiger partial charge in [-0.1, -0.05) is 11.6 Å². The Kier molecular flexibility index (Phi) is 2.82. The molecule has 19 heavy (non-hydrogen) atoms. The van der Waals surface area contributed by atoms with E-state index < -0.39 is 11.9 Å².